The standard InChI is InChI=1S/C11H18/c1-3-4-9-7-11-8(2)5-6-10(9)11/h3-4,8-11H,5-7H2,1-2H3/b4-3+. The molecule has 0 aromatic carbocycles. The molecular formula is C11H18. The van der Waals surface area contributed by atoms with Gasteiger partial charge in [-0.1, -0.05) is 25.5 Å². The molecule has 0 aliphatic heterocycles. The van der Waals surface area contributed by atoms with Crippen molar-refractivity contribution in [3.05, 3.63) is 12.2 Å². The van der Waals surface area contributed by atoms with Crippen LogP contribution in [0.3, 0.4) is 0 Å². The van der Waals surface area contributed by atoms with Gasteiger partial charge in [-0.25, -0.2) is 0 Å². The van der Waals surface area contributed by atoms with Gasteiger partial charge in [-0.3, -0.25) is 0 Å². The third-order valence-corrected chi connectivity index (χ3v) is 3.77. The zero-order valence-corrected chi connectivity index (χ0v) is 7.59. The third kappa shape index (κ3) is 1.04. The molecule has 0 amide bonds. The first-order valence-corrected chi connectivity index (χ1v) is 4.95. The van der Waals surface area contributed by atoms with Gasteiger partial charge >= 0.3 is 0 Å². The predicted molar refractivity (Wildman–Crippen MR) is 48.3 cm³/mol. The van der Waals surface area contributed by atoms with Crippen molar-refractivity contribution in [3.8, 4) is 0 Å². The summed E-state index contributed by atoms with van der Waals surface area (Å²) >= 11 is 0. The summed E-state index contributed by atoms with van der Waals surface area (Å²) in [5, 5.41) is 0. The molecule has 0 N–H and O–H groups in total. The molecule has 0 radical (unpaired) electrons. The molecule has 0 aromatic heterocycles. The lowest BCUT2D eigenvalue weighted by Crippen LogP contribution is -2.33. The Labute approximate surface area is 69.7 Å². The molecule has 62 valence electrons. The second kappa shape index (κ2) is 2.66. The van der Waals surface area contributed by atoms with Gasteiger partial charge in [0.1, 0.15) is 0 Å². The highest BCUT2D eigenvalue weighted by molar-refractivity contribution is 5.04. The first-order valence-electron chi connectivity index (χ1n) is 4.95. The Morgan fingerprint density at radius 2 is 2.00 bits per heavy atom. The highest BCUT2D eigenvalue weighted by Crippen LogP contribution is 2.54. The molecule has 2 rings (SSSR count). The maximum absolute atomic E-state index is 2.43. The predicted octanol–water partition coefficient (Wildman–Crippen LogP) is 3.24. The fourth-order valence-corrected chi connectivity index (χ4v) is 3.01. The molecule has 2 aliphatic rings. The Balaban J connectivity index is 1.96. The van der Waals surface area contributed by atoms with Gasteiger partial charge < -0.3 is 0 Å². The highest BCUT2D eigenvalue weighted by atomic mass is 14.5. The van der Waals surface area contributed by atoms with Crippen LogP contribution in [0.1, 0.15) is 33.1 Å². The van der Waals surface area contributed by atoms with E-state index in [2.05, 4.69) is 26.0 Å². The topological polar surface area (TPSA) is 0 Å². The van der Waals surface area contributed by atoms with Crippen molar-refractivity contribution in [1.82, 2.24) is 0 Å². The molecule has 0 spiro atoms. The van der Waals surface area contributed by atoms with Crippen molar-refractivity contribution in [3.63, 3.8) is 0 Å². The van der Waals surface area contributed by atoms with E-state index in [0.29, 0.717) is 0 Å². The second-order valence-corrected chi connectivity index (χ2v) is 4.31. The van der Waals surface area contributed by atoms with E-state index in [1.54, 1.807) is 0 Å². The summed E-state index contributed by atoms with van der Waals surface area (Å²) < 4.78 is 0. The van der Waals surface area contributed by atoms with Crippen LogP contribution in [0.4, 0.5) is 0 Å². The average Bonchev–Trinajstić information content (AvgIpc) is 2.22. The zero-order chi connectivity index (χ0) is 7.84. The summed E-state index contributed by atoms with van der Waals surface area (Å²) in [6, 6.07) is 0. The van der Waals surface area contributed by atoms with E-state index in [1.165, 1.54) is 19.3 Å². The molecule has 0 nitrogen and oxygen atoms in total. The Morgan fingerprint density at radius 3 is 2.64 bits per heavy atom. The summed E-state index contributed by atoms with van der Waals surface area (Å²) in [4.78, 5) is 0. The fraction of sp³-hybridized carbons (Fsp3) is 0.818. The quantitative estimate of drug-likeness (QED) is 0.503. The van der Waals surface area contributed by atoms with Gasteiger partial charge in [0, 0.05) is 0 Å². The molecule has 11 heavy (non-hydrogen) atoms. The Bertz CT molecular complexity index is 169. The molecule has 0 heteroatoms. The lowest BCUT2D eigenvalue weighted by atomic mass is 9.64. The highest BCUT2D eigenvalue weighted by Gasteiger charge is 2.45. The van der Waals surface area contributed by atoms with Gasteiger partial charge in [0.2, 0.25) is 0 Å². The van der Waals surface area contributed by atoms with Crippen LogP contribution >= 0.6 is 0 Å². The van der Waals surface area contributed by atoms with Gasteiger partial charge in [-0.15, -0.1) is 0 Å². The van der Waals surface area contributed by atoms with Gasteiger partial charge in [-0.05, 0) is 43.4 Å². The minimum absolute atomic E-state index is 0.954. The Morgan fingerprint density at radius 1 is 1.18 bits per heavy atom. The lowest BCUT2D eigenvalue weighted by Gasteiger charge is -2.40. The van der Waals surface area contributed by atoms with Crippen molar-refractivity contribution in [2.75, 3.05) is 0 Å². The largest absolute Gasteiger partial charge is 0.0914 e. The van der Waals surface area contributed by atoms with E-state index in [4.69, 9.17) is 0 Å². The van der Waals surface area contributed by atoms with E-state index in [0.717, 1.165) is 23.7 Å². The number of fused-ring (bicyclic) bond motifs is 1. The number of allylic oxidation sites excluding steroid dienone is 2. The molecule has 2 saturated carbocycles. The maximum Gasteiger partial charge on any atom is -0.0200 e. The van der Waals surface area contributed by atoms with Crippen LogP contribution in [-0.2, 0) is 0 Å². The van der Waals surface area contributed by atoms with Gasteiger partial charge in [-0.2, -0.15) is 0 Å². The van der Waals surface area contributed by atoms with Gasteiger partial charge in [0.05, 0.1) is 0 Å². The smallest absolute Gasteiger partial charge is 0.0200 e. The summed E-state index contributed by atoms with van der Waals surface area (Å²) in [5.74, 6) is 4.15. The summed E-state index contributed by atoms with van der Waals surface area (Å²) in [5.41, 5.74) is 0. The van der Waals surface area contributed by atoms with E-state index >= 15 is 0 Å². The first kappa shape index (κ1) is 7.39. The van der Waals surface area contributed by atoms with Crippen LogP contribution in [0, 0.1) is 23.7 Å². The molecule has 0 heterocycles. The molecule has 0 saturated heterocycles. The number of hydrogen-bond acceptors (Lipinski definition) is 0. The lowest BCUT2D eigenvalue weighted by molar-refractivity contribution is 0.115. The van der Waals surface area contributed by atoms with E-state index in [9.17, 15) is 0 Å². The fourth-order valence-electron chi connectivity index (χ4n) is 3.01. The SMILES string of the molecule is C/C=C/C1CC2C(C)CCC12. The van der Waals surface area contributed by atoms with Crippen molar-refractivity contribution in [1.29, 1.82) is 0 Å². The molecule has 0 aromatic rings. The normalized spacial score (nSPS) is 49.3. The first-order chi connectivity index (χ1) is 5.33. The molecular weight excluding hydrogens is 132 g/mol. The average molecular weight is 150 g/mol. The molecule has 0 bridgehead atoms. The van der Waals surface area contributed by atoms with Crippen LogP contribution in [0.15, 0.2) is 12.2 Å². The number of rotatable bonds is 1. The molecule has 2 aliphatic carbocycles. The second-order valence-electron chi connectivity index (χ2n) is 4.31. The van der Waals surface area contributed by atoms with Crippen LogP contribution < -0.4 is 0 Å². The molecule has 4 unspecified atom stereocenters. The number of hydrogen-bond donors (Lipinski definition) is 0. The van der Waals surface area contributed by atoms with Gasteiger partial charge in [0.25, 0.3) is 0 Å². The summed E-state index contributed by atoms with van der Waals surface area (Å²) in [7, 11) is 0. The Hall–Kier alpha value is -0.260. The van der Waals surface area contributed by atoms with Crippen LogP contribution in [0.2, 0.25) is 0 Å². The summed E-state index contributed by atoms with van der Waals surface area (Å²) in [6.45, 7) is 4.57. The van der Waals surface area contributed by atoms with Crippen LogP contribution in [0.25, 0.3) is 0 Å². The van der Waals surface area contributed by atoms with Crippen molar-refractivity contribution < 1.29 is 0 Å². The van der Waals surface area contributed by atoms with Crippen molar-refractivity contribution in [2.24, 2.45) is 23.7 Å². The maximum atomic E-state index is 2.43. The van der Waals surface area contributed by atoms with Gasteiger partial charge in [0.15, 0.2) is 0 Å². The molecule has 4 atom stereocenters. The van der Waals surface area contributed by atoms with E-state index in [1.807, 2.05) is 0 Å². The van der Waals surface area contributed by atoms with E-state index in [-0.39, 0.29) is 0 Å². The minimum Gasteiger partial charge on any atom is -0.0914 e. The minimum atomic E-state index is 0.954. The monoisotopic (exact) mass is 150 g/mol. The van der Waals surface area contributed by atoms with E-state index < -0.39 is 0 Å². The summed E-state index contributed by atoms with van der Waals surface area (Å²) in [6.07, 6.45) is 9.11. The van der Waals surface area contributed by atoms with Crippen molar-refractivity contribution >= 4 is 0 Å². The van der Waals surface area contributed by atoms with Crippen LogP contribution in [0.5, 0.6) is 0 Å². The van der Waals surface area contributed by atoms with Crippen molar-refractivity contribution in [2.45, 2.75) is 33.1 Å². The Kier molecular flexibility index (Phi) is 1.78. The zero-order valence-electron chi connectivity index (χ0n) is 7.59. The van der Waals surface area contributed by atoms with Crippen LogP contribution in [-0.4, -0.2) is 0 Å². The molecule has 2 fully saturated rings. The third-order valence-electron chi connectivity index (χ3n) is 3.77.